The second-order valence-corrected chi connectivity index (χ2v) is 9.76. The van der Waals surface area contributed by atoms with Gasteiger partial charge in [-0.1, -0.05) is 18.6 Å². The largest absolute Gasteiger partial charge is 0.464 e. The number of likely N-dealkylation sites (tertiary alicyclic amines) is 1. The van der Waals surface area contributed by atoms with Gasteiger partial charge in [-0.3, -0.25) is 9.69 Å². The standard InChI is InChI=1S/C28H33FN2O2/c29-24-11-9-21(10-12-24)28(32)30-25-13-7-20(8-14-25)15-17-31-16-2-1-5-26(31)23-18-22-4-3-6-27(22)33-19-23/h3-4,6,9-12,18-20,25-26H,1-2,5,7-8,13-17H2,(H,30,32)/t20-,25-,26?. The van der Waals surface area contributed by atoms with Crippen LogP contribution in [0.2, 0.25) is 0 Å². The number of hydrogen-bond donors (Lipinski definition) is 1. The van der Waals surface area contributed by atoms with Crippen molar-refractivity contribution in [1.82, 2.24) is 10.2 Å². The Morgan fingerprint density at radius 1 is 1.03 bits per heavy atom. The molecule has 5 heteroatoms. The highest BCUT2D eigenvalue weighted by Crippen LogP contribution is 2.36. The molecule has 0 aromatic heterocycles. The highest BCUT2D eigenvalue weighted by atomic mass is 19.1. The van der Waals surface area contributed by atoms with E-state index in [2.05, 4.69) is 28.4 Å². The molecule has 4 aliphatic rings. The molecular formula is C28H33FN2O2. The van der Waals surface area contributed by atoms with Crippen LogP contribution in [0.15, 0.2) is 59.2 Å². The Kier molecular flexibility index (Phi) is 6.77. The summed E-state index contributed by atoms with van der Waals surface area (Å²) < 4.78 is 19.0. The predicted octanol–water partition coefficient (Wildman–Crippen LogP) is 6.43. The van der Waals surface area contributed by atoms with Crippen LogP contribution >= 0.6 is 0 Å². The first kappa shape index (κ1) is 22.1. The topological polar surface area (TPSA) is 45.5 Å². The van der Waals surface area contributed by atoms with E-state index in [9.17, 15) is 9.18 Å². The number of halogens is 1. The normalized spacial score (nSPS) is 24.1. The quantitative estimate of drug-likeness (QED) is 0.473. The highest BCUT2D eigenvalue weighted by Gasteiger charge is 2.28. The second-order valence-electron chi connectivity index (χ2n) is 9.76. The van der Waals surface area contributed by atoms with Crippen molar-refractivity contribution in [2.45, 2.75) is 63.5 Å². The molecule has 1 aromatic carbocycles. The molecule has 1 atom stereocenters. The van der Waals surface area contributed by atoms with Gasteiger partial charge in [0, 0.05) is 28.8 Å². The van der Waals surface area contributed by atoms with Crippen molar-refractivity contribution in [3.63, 3.8) is 0 Å². The summed E-state index contributed by atoms with van der Waals surface area (Å²) in [4.78, 5) is 15.1. The monoisotopic (exact) mass is 448 g/mol. The van der Waals surface area contributed by atoms with E-state index >= 15 is 0 Å². The highest BCUT2D eigenvalue weighted by molar-refractivity contribution is 5.94. The Morgan fingerprint density at radius 2 is 1.85 bits per heavy atom. The van der Waals surface area contributed by atoms with E-state index in [0.29, 0.717) is 17.5 Å². The third-order valence-corrected chi connectivity index (χ3v) is 7.56. The summed E-state index contributed by atoms with van der Waals surface area (Å²) in [6.07, 6.45) is 11.3. The smallest absolute Gasteiger partial charge is 0.251 e. The first-order valence-electron chi connectivity index (χ1n) is 12.4. The molecule has 174 valence electrons. The zero-order chi connectivity index (χ0) is 22.6. The molecule has 33 heavy (non-hydrogen) atoms. The van der Waals surface area contributed by atoms with E-state index in [1.807, 2.05) is 12.3 Å². The van der Waals surface area contributed by atoms with Gasteiger partial charge in [-0.05, 0) is 100 Å². The van der Waals surface area contributed by atoms with E-state index in [0.717, 1.165) is 44.5 Å². The number of nitrogens with one attached hydrogen (secondary N) is 1. The molecule has 1 unspecified atom stereocenters. The van der Waals surface area contributed by atoms with Crippen molar-refractivity contribution in [2.75, 3.05) is 13.1 Å². The Balaban J connectivity index is 1.11. The summed E-state index contributed by atoms with van der Waals surface area (Å²) in [6.45, 7) is 2.29. The van der Waals surface area contributed by atoms with Gasteiger partial charge in [-0.2, -0.15) is 0 Å². The number of rotatable bonds is 6. The molecule has 1 aromatic rings. The van der Waals surface area contributed by atoms with Crippen molar-refractivity contribution < 1.29 is 13.6 Å². The molecule has 1 saturated heterocycles. The van der Waals surface area contributed by atoms with Gasteiger partial charge in [0.15, 0.2) is 0 Å². The first-order chi connectivity index (χ1) is 16.2. The van der Waals surface area contributed by atoms with Gasteiger partial charge in [0.2, 0.25) is 0 Å². The van der Waals surface area contributed by atoms with E-state index in [-0.39, 0.29) is 17.8 Å². The van der Waals surface area contributed by atoms with Crippen molar-refractivity contribution in [1.29, 1.82) is 0 Å². The van der Waals surface area contributed by atoms with Gasteiger partial charge >= 0.3 is 0 Å². The van der Waals surface area contributed by atoms with Crippen molar-refractivity contribution >= 4 is 5.91 Å². The fourth-order valence-electron chi connectivity index (χ4n) is 5.61. The van der Waals surface area contributed by atoms with Crippen LogP contribution in [0, 0.1) is 11.7 Å². The van der Waals surface area contributed by atoms with E-state index in [1.165, 1.54) is 48.9 Å². The number of nitrogens with zero attached hydrogens (tertiary/aromatic N) is 1. The molecule has 5 rings (SSSR count). The molecule has 1 N–H and O–H groups in total. The lowest BCUT2D eigenvalue weighted by molar-refractivity contribution is 0.0915. The molecule has 1 saturated carbocycles. The molecule has 2 heterocycles. The minimum atomic E-state index is -0.316. The van der Waals surface area contributed by atoms with Gasteiger partial charge in [-0.15, -0.1) is 0 Å². The number of hydrogen-bond acceptors (Lipinski definition) is 3. The fourth-order valence-corrected chi connectivity index (χ4v) is 5.61. The van der Waals surface area contributed by atoms with Crippen LogP contribution in [0.3, 0.4) is 0 Å². The molecule has 2 aliphatic heterocycles. The average molecular weight is 449 g/mol. The van der Waals surface area contributed by atoms with E-state index in [1.54, 1.807) is 12.1 Å². The zero-order valence-corrected chi connectivity index (χ0v) is 19.1. The summed E-state index contributed by atoms with van der Waals surface area (Å²) in [5.74, 6) is 1.27. The van der Waals surface area contributed by atoms with Crippen LogP contribution in [-0.4, -0.2) is 29.9 Å². The number of amides is 1. The van der Waals surface area contributed by atoms with Crippen molar-refractivity contribution in [2.24, 2.45) is 5.92 Å². The molecular weight excluding hydrogens is 415 g/mol. The number of carbonyl (C=O) groups is 1. The summed E-state index contributed by atoms with van der Waals surface area (Å²) in [5.41, 5.74) is 3.03. The molecule has 0 bridgehead atoms. The van der Waals surface area contributed by atoms with Crippen molar-refractivity contribution in [3.8, 4) is 11.3 Å². The third kappa shape index (κ3) is 5.30. The summed E-state index contributed by atoms with van der Waals surface area (Å²) >= 11 is 0. The number of benzene rings is 1. The number of piperidine rings is 1. The minimum Gasteiger partial charge on any atom is -0.464 e. The Bertz CT molecular complexity index is 1020. The molecule has 0 spiro atoms. The summed E-state index contributed by atoms with van der Waals surface area (Å²) in [6, 6.07) is 15.0. The van der Waals surface area contributed by atoms with Crippen LogP contribution in [0.5, 0.6) is 0 Å². The molecule has 4 nitrogen and oxygen atoms in total. The van der Waals surface area contributed by atoms with Gasteiger partial charge in [0.25, 0.3) is 5.91 Å². The van der Waals surface area contributed by atoms with Gasteiger partial charge in [0.05, 0.1) is 6.26 Å². The Labute approximate surface area is 195 Å². The summed E-state index contributed by atoms with van der Waals surface area (Å²) in [7, 11) is 0. The lowest BCUT2D eigenvalue weighted by Crippen LogP contribution is -2.39. The average Bonchev–Trinajstić information content (AvgIpc) is 3.32. The van der Waals surface area contributed by atoms with Crippen LogP contribution < -0.4 is 5.32 Å². The van der Waals surface area contributed by atoms with Crippen molar-refractivity contribution in [3.05, 3.63) is 71.7 Å². The van der Waals surface area contributed by atoms with Crippen LogP contribution in [0.4, 0.5) is 4.39 Å². The fraction of sp³-hybridized carbons (Fsp3) is 0.464. The van der Waals surface area contributed by atoms with E-state index < -0.39 is 0 Å². The summed E-state index contributed by atoms with van der Waals surface area (Å²) in [5, 5.41) is 3.14. The van der Waals surface area contributed by atoms with Crippen LogP contribution in [0.1, 0.15) is 73.3 Å². The maximum Gasteiger partial charge on any atom is 0.251 e. The Hall–Kier alpha value is -2.66. The lowest BCUT2D eigenvalue weighted by atomic mass is 9.83. The zero-order valence-electron chi connectivity index (χ0n) is 19.1. The first-order valence-corrected chi connectivity index (χ1v) is 12.4. The second kappa shape index (κ2) is 10.1. The molecule has 2 fully saturated rings. The molecule has 2 aliphatic carbocycles. The van der Waals surface area contributed by atoms with Crippen LogP contribution in [0.25, 0.3) is 11.3 Å². The number of carbonyl (C=O) groups excluding carboxylic acids is 1. The maximum atomic E-state index is 13.1. The molecule has 1 amide bonds. The van der Waals surface area contributed by atoms with Gasteiger partial charge < -0.3 is 9.73 Å². The third-order valence-electron chi connectivity index (χ3n) is 7.56. The SMILES string of the molecule is O=C(N[C@H]1CC[C@H](CCN2CCCCC2c2coc3cccc-3c2)CC1)c1ccc(F)cc1. The van der Waals surface area contributed by atoms with E-state index in [4.69, 9.17) is 4.42 Å². The number of fused-ring (bicyclic) bond motifs is 1. The minimum absolute atomic E-state index is 0.0955. The van der Waals surface area contributed by atoms with Crippen LogP contribution in [-0.2, 0) is 0 Å². The Morgan fingerprint density at radius 3 is 2.67 bits per heavy atom. The van der Waals surface area contributed by atoms with Gasteiger partial charge in [-0.25, -0.2) is 4.39 Å². The lowest BCUT2D eigenvalue weighted by Gasteiger charge is -2.37. The maximum absolute atomic E-state index is 13.1. The van der Waals surface area contributed by atoms with Gasteiger partial charge in [0.1, 0.15) is 11.6 Å². The predicted molar refractivity (Wildman–Crippen MR) is 128 cm³/mol. The molecule has 0 radical (unpaired) electrons.